The van der Waals surface area contributed by atoms with Gasteiger partial charge in [-0.3, -0.25) is 4.79 Å². The average molecular weight is 275 g/mol. The number of hydrogen-bond donors (Lipinski definition) is 2. The summed E-state index contributed by atoms with van der Waals surface area (Å²) in [4.78, 5) is 21.6. The molecule has 100 valence electrons. The zero-order valence-corrected chi connectivity index (χ0v) is 11.9. The van der Waals surface area contributed by atoms with Crippen molar-refractivity contribution >= 4 is 21.6 Å². The minimum Gasteiger partial charge on any atom is -0.309 e. The molecule has 0 atom stereocenters. The molecule has 2 aromatic rings. The SMILES string of the molecule is Cc1sc2nc(CNC3CC=CC3)[nH]c(=O)c2c1C. The molecule has 5 heteroatoms. The number of nitrogens with one attached hydrogen (secondary N) is 2. The summed E-state index contributed by atoms with van der Waals surface area (Å²) in [5.41, 5.74) is 1.03. The molecule has 0 saturated carbocycles. The van der Waals surface area contributed by atoms with Gasteiger partial charge in [0.2, 0.25) is 0 Å². The number of rotatable bonds is 3. The molecule has 0 amide bonds. The van der Waals surface area contributed by atoms with Gasteiger partial charge in [0.25, 0.3) is 5.56 Å². The van der Waals surface area contributed by atoms with E-state index in [1.807, 2.05) is 13.8 Å². The third-order valence-corrected chi connectivity index (χ3v) is 4.76. The number of thiophene rings is 1. The highest BCUT2D eigenvalue weighted by atomic mass is 32.1. The van der Waals surface area contributed by atoms with Gasteiger partial charge in [0.1, 0.15) is 10.7 Å². The summed E-state index contributed by atoms with van der Waals surface area (Å²) in [6.45, 7) is 4.63. The maximum absolute atomic E-state index is 12.1. The molecule has 0 fully saturated rings. The molecule has 1 aliphatic rings. The molecule has 19 heavy (non-hydrogen) atoms. The lowest BCUT2D eigenvalue weighted by Gasteiger charge is -2.10. The van der Waals surface area contributed by atoms with E-state index in [2.05, 4.69) is 27.4 Å². The van der Waals surface area contributed by atoms with Crippen LogP contribution in [0.15, 0.2) is 16.9 Å². The van der Waals surface area contributed by atoms with Crippen LogP contribution in [0.2, 0.25) is 0 Å². The lowest BCUT2D eigenvalue weighted by molar-refractivity contribution is 0.527. The Kier molecular flexibility index (Phi) is 3.24. The van der Waals surface area contributed by atoms with Gasteiger partial charge in [0.05, 0.1) is 11.9 Å². The molecule has 0 radical (unpaired) electrons. The number of aryl methyl sites for hydroxylation is 2. The molecular formula is C14H17N3OS. The zero-order valence-electron chi connectivity index (χ0n) is 11.1. The number of H-pyrrole nitrogens is 1. The molecule has 2 heterocycles. The number of aromatic nitrogens is 2. The van der Waals surface area contributed by atoms with Gasteiger partial charge in [-0.05, 0) is 32.3 Å². The third-order valence-electron chi connectivity index (χ3n) is 3.65. The average Bonchev–Trinajstić information content (AvgIpc) is 2.96. The van der Waals surface area contributed by atoms with Crippen molar-refractivity contribution in [1.82, 2.24) is 15.3 Å². The number of hydrogen-bond acceptors (Lipinski definition) is 4. The van der Waals surface area contributed by atoms with Crippen molar-refractivity contribution < 1.29 is 0 Å². The van der Waals surface area contributed by atoms with Crippen LogP contribution < -0.4 is 10.9 Å². The molecule has 3 rings (SSSR count). The summed E-state index contributed by atoms with van der Waals surface area (Å²) in [7, 11) is 0. The molecule has 1 aliphatic carbocycles. The summed E-state index contributed by atoms with van der Waals surface area (Å²) in [5, 5.41) is 4.16. The minimum atomic E-state index is -0.0202. The predicted octanol–water partition coefficient (Wildman–Crippen LogP) is 2.41. The van der Waals surface area contributed by atoms with Crippen LogP contribution in [0.25, 0.3) is 10.2 Å². The van der Waals surface area contributed by atoms with E-state index < -0.39 is 0 Å². The van der Waals surface area contributed by atoms with E-state index in [9.17, 15) is 4.79 Å². The highest BCUT2D eigenvalue weighted by Crippen LogP contribution is 2.25. The molecule has 2 aromatic heterocycles. The quantitative estimate of drug-likeness (QED) is 0.846. The molecule has 0 bridgehead atoms. The van der Waals surface area contributed by atoms with Gasteiger partial charge in [-0.2, -0.15) is 0 Å². The van der Waals surface area contributed by atoms with Crippen molar-refractivity contribution in [2.24, 2.45) is 0 Å². The van der Waals surface area contributed by atoms with Crippen molar-refractivity contribution in [2.75, 3.05) is 0 Å². The van der Waals surface area contributed by atoms with E-state index in [0.29, 0.717) is 12.6 Å². The van der Waals surface area contributed by atoms with Crippen LogP contribution in [0.1, 0.15) is 29.1 Å². The summed E-state index contributed by atoms with van der Waals surface area (Å²) >= 11 is 1.59. The monoisotopic (exact) mass is 275 g/mol. The summed E-state index contributed by atoms with van der Waals surface area (Å²) < 4.78 is 0. The van der Waals surface area contributed by atoms with Crippen LogP contribution >= 0.6 is 11.3 Å². The fraction of sp³-hybridized carbons (Fsp3) is 0.429. The maximum atomic E-state index is 12.1. The lowest BCUT2D eigenvalue weighted by Crippen LogP contribution is -2.27. The zero-order chi connectivity index (χ0) is 13.4. The third kappa shape index (κ3) is 2.35. The lowest BCUT2D eigenvalue weighted by atomic mass is 10.2. The summed E-state index contributed by atoms with van der Waals surface area (Å²) in [5.74, 6) is 0.727. The maximum Gasteiger partial charge on any atom is 0.259 e. The summed E-state index contributed by atoms with van der Waals surface area (Å²) in [6.07, 6.45) is 6.49. The molecule has 0 spiro atoms. The number of fused-ring (bicyclic) bond motifs is 1. The van der Waals surface area contributed by atoms with Crippen molar-refractivity contribution in [2.45, 2.75) is 39.3 Å². The fourth-order valence-corrected chi connectivity index (χ4v) is 3.46. The largest absolute Gasteiger partial charge is 0.309 e. The smallest absolute Gasteiger partial charge is 0.259 e. The van der Waals surface area contributed by atoms with Gasteiger partial charge in [-0.1, -0.05) is 12.2 Å². The first-order valence-corrected chi connectivity index (χ1v) is 7.34. The Morgan fingerprint density at radius 2 is 2.16 bits per heavy atom. The number of nitrogens with zero attached hydrogens (tertiary/aromatic N) is 1. The molecular weight excluding hydrogens is 258 g/mol. The fourth-order valence-electron chi connectivity index (χ4n) is 2.41. The van der Waals surface area contributed by atoms with Crippen LogP contribution in [-0.2, 0) is 6.54 Å². The Bertz CT molecular complexity index is 691. The first kappa shape index (κ1) is 12.6. The first-order chi connectivity index (χ1) is 9.15. The minimum absolute atomic E-state index is 0.0202. The van der Waals surface area contributed by atoms with E-state index in [1.165, 1.54) is 0 Å². The first-order valence-electron chi connectivity index (χ1n) is 6.52. The second-order valence-electron chi connectivity index (χ2n) is 5.00. The second kappa shape index (κ2) is 4.90. The summed E-state index contributed by atoms with van der Waals surface area (Å²) in [6, 6.07) is 0.479. The molecule has 4 nitrogen and oxygen atoms in total. The normalized spacial score (nSPS) is 15.7. The topological polar surface area (TPSA) is 57.8 Å². The van der Waals surface area contributed by atoms with Crippen LogP contribution in [0.3, 0.4) is 0 Å². The van der Waals surface area contributed by atoms with E-state index in [0.717, 1.165) is 39.3 Å². The van der Waals surface area contributed by atoms with Crippen LogP contribution in [0, 0.1) is 13.8 Å². The van der Waals surface area contributed by atoms with Crippen LogP contribution in [0.5, 0.6) is 0 Å². The van der Waals surface area contributed by atoms with Gasteiger partial charge in [-0.25, -0.2) is 4.98 Å². The Morgan fingerprint density at radius 1 is 1.42 bits per heavy atom. The van der Waals surface area contributed by atoms with E-state index in [4.69, 9.17) is 0 Å². The van der Waals surface area contributed by atoms with E-state index in [1.54, 1.807) is 11.3 Å². The molecule has 2 N–H and O–H groups in total. The van der Waals surface area contributed by atoms with Gasteiger partial charge in [0.15, 0.2) is 0 Å². The van der Waals surface area contributed by atoms with Crippen molar-refractivity contribution in [3.8, 4) is 0 Å². The highest BCUT2D eigenvalue weighted by Gasteiger charge is 2.13. The van der Waals surface area contributed by atoms with Crippen molar-refractivity contribution in [3.05, 3.63) is 38.8 Å². The molecule has 0 saturated heterocycles. The van der Waals surface area contributed by atoms with E-state index in [-0.39, 0.29) is 5.56 Å². The molecule has 0 unspecified atom stereocenters. The van der Waals surface area contributed by atoms with Crippen molar-refractivity contribution in [3.63, 3.8) is 0 Å². The Labute approximate surface area is 115 Å². The van der Waals surface area contributed by atoms with Crippen molar-refractivity contribution in [1.29, 1.82) is 0 Å². The van der Waals surface area contributed by atoms with Gasteiger partial charge in [0, 0.05) is 10.9 Å². The molecule has 0 aromatic carbocycles. The second-order valence-corrected chi connectivity index (χ2v) is 6.20. The van der Waals surface area contributed by atoms with Gasteiger partial charge in [-0.15, -0.1) is 11.3 Å². The van der Waals surface area contributed by atoms with Crippen LogP contribution in [-0.4, -0.2) is 16.0 Å². The van der Waals surface area contributed by atoms with Crippen LogP contribution in [0.4, 0.5) is 0 Å². The van der Waals surface area contributed by atoms with Gasteiger partial charge >= 0.3 is 0 Å². The molecule has 0 aliphatic heterocycles. The Hall–Kier alpha value is -1.46. The predicted molar refractivity (Wildman–Crippen MR) is 78.7 cm³/mol. The number of aromatic amines is 1. The Balaban J connectivity index is 1.86. The highest BCUT2D eigenvalue weighted by molar-refractivity contribution is 7.18. The van der Waals surface area contributed by atoms with Gasteiger partial charge < -0.3 is 10.3 Å². The Morgan fingerprint density at radius 3 is 2.89 bits per heavy atom. The standard InChI is InChI=1S/C14H17N3OS/c1-8-9(2)19-14-12(8)13(18)16-11(17-14)7-15-10-5-3-4-6-10/h3-4,10,15H,5-7H2,1-2H3,(H,16,17,18). The van der Waals surface area contributed by atoms with E-state index >= 15 is 0 Å².